The third-order valence-corrected chi connectivity index (χ3v) is 5.45. The molecule has 1 heterocycles. The summed E-state index contributed by atoms with van der Waals surface area (Å²) in [7, 11) is -4.32. The molecule has 2 aromatic rings. The van der Waals surface area contributed by atoms with E-state index in [0.717, 1.165) is 18.2 Å². The molecule has 9 heteroatoms. The van der Waals surface area contributed by atoms with E-state index < -0.39 is 27.6 Å². The number of rotatable bonds is 3. The smallest absolute Gasteiger partial charge is 0.379 e. The van der Waals surface area contributed by atoms with Crippen molar-refractivity contribution in [3.05, 3.63) is 53.6 Å². The summed E-state index contributed by atoms with van der Waals surface area (Å²) in [6.07, 6.45) is -3.33. The summed E-state index contributed by atoms with van der Waals surface area (Å²) >= 11 is 0. The number of amides is 1. The van der Waals surface area contributed by atoms with Gasteiger partial charge in [0.2, 0.25) is 5.91 Å². The molecule has 0 saturated heterocycles. The van der Waals surface area contributed by atoms with Crippen molar-refractivity contribution in [1.29, 1.82) is 0 Å². The Hall–Kier alpha value is -2.55. The van der Waals surface area contributed by atoms with Crippen LogP contribution in [0.15, 0.2) is 47.4 Å². The molecule has 0 fully saturated rings. The Balaban J connectivity index is 1.91. The number of halogens is 3. The summed E-state index contributed by atoms with van der Waals surface area (Å²) < 4.78 is 68.2. The summed E-state index contributed by atoms with van der Waals surface area (Å²) in [4.78, 5) is 13.1. The van der Waals surface area contributed by atoms with Gasteiger partial charge < -0.3 is 9.08 Å². The minimum atomic E-state index is -4.61. The van der Waals surface area contributed by atoms with Crippen LogP contribution in [0, 0.1) is 0 Å². The Bertz CT molecular complexity index is 986. The van der Waals surface area contributed by atoms with Crippen molar-refractivity contribution in [3.8, 4) is 5.75 Å². The van der Waals surface area contributed by atoms with Crippen LogP contribution in [-0.4, -0.2) is 20.9 Å². The van der Waals surface area contributed by atoms with Gasteiger partial charge in [-0.1, -0.05) is 6.07 Å². The van der Waals surface area contributed by atoms with E-state index in [1.807, 2.05) is 0 Å². The molecule has 144 valence electrons. The van der Waals surface area contributed by atoms with Gasteiger partial charge in [-0.15, -0.1) is 0 Å². The molecule has 0 aromatic heterocycles. The van der Waals surface area contributed by atoms with Gasteiger partial charge in [-0.05, 0) is 54.8 Å². The molecule has 0 saturated carbocycles. The Morgan fingerprint density at radius 1 is 1.15 bits per heavy atom. The number of alkyl halides is 3. The first-order valence-electron chi connectivity index (χ1n) is 8.11. The second kappa shape index (κ2) is 6.88. The SMILES string of the molecule is CC(=O)N1CCCc2cc(S(=O)(=O)Oc3cccc(C(F)(F)F)c3)ccc21. The maximum atomic E-state index is 12.8. The number of fused-ring (bicyclic) bond motifs is 1. The fraction of sp³-hybridized carbons (Fsp3) is 0.278. The average Bonchev–Trinajstić information content (AvgIpc) is 2.59. The van der Waals surface area contributed by atoms with E-state index >= 15 is 0 Å². The van der Waals surface area contributed by atoms with Crippen molar-refractivity contribution in [2.45, 2.75) is 30.8 Å². The number of hydrogen-bond acceptors (Lipinski definition) is 4. The van der Waals surface area contributed by atoms with E-state index in [0.29, 0.717) is 36.7 Å². The lowest BCUT2D eigenvalue weighted by molar-refractivity contribution is -0.137. The Labute approximate surface area is 154 Å². The second-order valence-electron chi connectivity index (χ2n) is 6.13. The zero-order valence-corrected chi connectivity index (χ0v) is 15.1. The van der Waals surface area contributed by atoms with Crippen LogP contribution in [0.5, 0.6) is 5.75 Å². The van der Waals surface area contributed by atoms with Crippen molar-refractivity contribution in [3.63, 3.8) is 0 Å². The molecular weight excluding hydrogens is 383 g/mol. The highest BCUT2D eigenvalue weighted by molar-refractivity contribution is 7.87. The van der Waals surface area contributed by atoms with Crippen LogP contribution in [-0.2, 0) is 27.5 Å². The number of nitrogens with zero attached hydrogens (tertiary/aromatic N) is 1. The van der Waals surface area contributed by atoms with Gasteiger partial charge in [-0.3, -0.25) is 4.79 Å². The van der Waals surface area contributed by atoms with Crippen molar-refractivity contribution in [2.75, 3.05) is 11.4 Å². The van der Waals surface area contributed by atoms with Crippen molar-refractivity contribution in [2.24, 2.45) is 0 Å². The molecule has 2 aromatic carbocycles. The lowest BCUT2D eigenvalue weighted by Gasteiger charge is -2.28. The number of aryl methyl sites for hydroxylation is 1. The van der Waals surface area contributed by atoms with E-state index in [9.17, 15) is 26.4 Å². The number of benzene rings is 2. The first-order chi connectivity index (χ1) is 12.6. The first-order valence-corrected chi connectivity index (χ1v) is 9.51. The minimum Gasteiger partial charge on any atom is -0.379 e. The molecule has 5 nitrogen and oxygen atoms in total. The fourth-order valence-electron chi connectivity index (χ4n) is 2.96. The molecule has 1 amide bonds. The van der Waals surface area contributed by atoms with Gasteiger partial charge in [0.1, 0.15) is 10.6 Å². The molecule has 0 spiro atoms. The Morgan fingerprint density at radius 3 is 2.56 bits per heavy atom. The van der Waals surface area contributed by atoms with Gasteiger partial charge in [-0.25, -0.2) is 0 Å². The van der Waals surface area contributed by atoms with Crippen molar-refractivity contribution >= 4 is 21.7 Å². The second-order valence-corrected chi connectivity index (χ2v) is 7.67. The van der Waals surface area contributed by atoms with Crippen molar-refractivity contribution < 1.29 is 30.6 Å². The maximum Gasteiger partial charge on any atom is 0.416 e. The zero-order chi connectivity index (χ0) is 19.8. The van der Waals surface area contributed by atoms with Gasteiger partial charge in [-0.2, -0.15) is 21.6 Å². The number of carbonyl (C=O) groups excluding carboxylic acids is 1. The van der Waals surface area contributed by atoms with E-state index in [1.165, 1.54) is 25.1 Å². The fourth-order valence-corrected chi connectivity index (χ4v) is 3.93. The zero-order valence-electron chi connectivity index (χ0n) is 14.3. The highest BCUT2D eigenvalue weighted by Gasteiger charge is 2.31. The van der Waals surface area contributed by atoms with Crippen LogP contribution in [0.25, 0.3) is 0 Å². The molecular formula is C18H16F3NO4S. The Kier molecular flexibility index (Phi) is 4.90. The average molecular weight is 399 g/mol. The third-order valence-electron chi connectivity index (χ3n) is 4.21. The number of hydrogen-bond donors (Lipinski definition) is 0. The molecule has 1 aliphatic heterocycles. The minimum absolute atomic E-state index is 0.147. The molecule has 0 bridgehead atoms. The first kappa shape index (κ1) is 19.2. The summed E-state index contributed by atoms with van der Waals surface area (Å²) in [6.45, 7) is 1.98. The van der Waals surface area contributed by atoms with Crippen LogP contribution in [0.4, 0.5) is 18.9 Å². The van der Waals surface area contributed by atoms with E-state index in [4.69, 9.17) is 4.18 Å². The molecule has 0 aliphatic carbocycles. The molecule has 0 atom stereocenters. The highest BCUT2D eigenvalue weighted by Crippen LogP contribution is 2.33. The van der Waals surface area contributed by atoms with Crippen LogP contribution in [0.2, 0.25) is 0 Å². The van der Waals surface area contributed by atoms with Crippen LogP contribution in [0.3, 0.4) is 0 Å². The topological polar surface area (TPSA) is 63.7 Å². The maximum absolute atomic E-state index is 12.8. The Morgan fingerprint density at radius 2 is 1.89 bits per heavy atom. The molecule has 0 radical (unpaired) electrons. The third kappa shape index (κ3) is 4.08. The normalized spacial score (nSPS) is 14.6. The quantitative estimate of drug-likeness (QED) is 0.737. The van der Waals surface area contributed by atoms with Gasteiger partial charge in [0, 0.05) is 19.2 Å². The molecule has 27 heavy (non-hydrogen) atoms. The highest BCUT2D eigenvalue weighted by atomic mass is 32.2. The van der Waals surface area contributed by atoms with Gasteiger partial charge in [0.05, 0.1) is 5.56 Å². The van der Waals surface area contributed by atoms with Crippen molar-refractivity contribution in [1.82, 2.24) is 0 Å². The van der Waals surface area contributed by atoms with Crippen LogP contribution >= 0.6 is 0 Å². The van der Waals surface area contributed by atoms with Crippen LogP contribution in [0.1, 0.15) is 24.5 Å². The largest absolute Gasteiger partial charge is 0.416 e. The summed E-state index contributed by atoms with van der Waals surface area (Å²) in [5.41, 5.74) is 0.301. The standard InChI is InChI=1S/C18H16F3NO4S/c1-12(23)22-9-3-4-13-10-16(7-8-17(13)22)27(24,25)26-15-6-2-5-14(11-15)18(19,20)21/h2,5-8,10-11H,3-4,9H2,1H3. The molecule has 1 aliphatic rings. The lowest BCUT2D eigenvalue weighted by Crippen LogP contribution is -2.33. The van der Waals surface area contributed by atoms with Gasteiger partial charge >= 0.3 is 16.3 Å². The lowest BCUT2D eigenvalue weighted by atomic mass is 10.0. The predicted octanol–water partition coefficient (Wildman–Crippen LogP) is 3.77. The molecule has 0 unspecified atom stereocenters. The summed E-state index contributed by atoms with van der Waals surface area (Å²) in [5.74, 6) is -0.570. The summed E-state index contributed by atoms with van der Waals surface area (Å²) in [5, 5.41) is 0. The monoisotopic (exact) mass is 399 g/mol. The van der Waals surface area contributed by atoms with E-state index in [2.05, 4.69) is 0 Å². The number of anilines is 1. The number of carbonyl (C=O) groups is 1. The van der Waals surface area contributed by atoms with Gasteiger partial charge in [0.15, 0.2) is 0 Å². The van der Waals surface area contributed by atoms with Crippen LogP contribution < -0.4 is 9.08 Å². The predicted molar refractivity (Wildman–Crippen MR) is 92.0 cm³/mol. The van der Waals surface area contributed by atoms with E-state index in [1.54, 1.807) is 4.90 Å². The van der Waals surface area contributed by atoms with Gasteiger partial charge in [0.25, 0.3) is 0 Å². The van der Waals surface area contributed by atoms with E-state index in [-0.39, 0.29) is 10.8 Å². The summed E-state index contributed by atoms with van der Waals surface area (Å²) in [6, 6.07) is 7.87. The molecule has 3 rings (SSSR count). The molecule has 0 N–H and O–H groups in total.